The fraction of sp³-hybridized carbons (Fsp3) is 0.294. The molecule has 1 saturated heterocycles. The summed E-state index contributed by atoms with van der Waals surface area (Å²) < 4.78 is 5.14. The number of nitrogens with zero attached hydrogens (tertiary/aromatic N) is 2. The molecule has 1 aromatic heterocycles. The van der Waals surface area contributed by atoms with Crippen LogP contribution in [0.2, 0.25) is 0 Å². The summed E-state index contributed by atoms with van der Waals surface area (Å²) in [6.45, 7) is 8.00. The highest BCUT2D eigenvalue weighted by atomic mass is 16.5. The molecule has 24 heavy (non-hydrogen) atoms. The lowest BCUT2D eigenvalue weighted by Gasteiger charge is -2.11. The molecule has 2 amide bonds. The summed E-state index contributed by atoms with van der Waals surface area (Å²) in [6.07, 6.45) is 5.31. The van der Waals surface area contributed by atoms with Gasteiger partial charge in [-0.1, -0.05) is 19.2 Å². The van der Waals surface area contributed by atoms with Crippen LogP contribution in [0, 0.1) is 5.92 Å². The van der Waals surface area contributed by atoms with Crippen molar-refractivity contribution in [2.24, 2.45) is 5.92 Å². The molecule has 2 N–H and O–H groups in total. The van der Waals surface area contributed by atoms with Crippen molar-refractivity contribution in [2.45, 2.75) is 12.8 Å². The Kier molecular flexibility index (Phi) is 5.83. The predicted octanol–water partition coefficient (Wildman–Crippen LogP) is 1.67. The number of methoxy groups -OCH3 is 1. The van der Waals surface area contributed by atoms with E-state index in [0.29, 0.717) is 35.8 Å². The Morgan fingerprint density at radius 2 is 2.33 bits per heavy atom. The Balaban J connectivity index is 2.08. The van der Waals surface area contributed by atoms with Gasteiger partial charge in [0.1, 0.15) is 17.9 Å². The van der Waals surface area contributed by atoms with Gasteiger partial charge in [-0.05, 0) is 12.0 Å². The van der Waals surface area contributed by atoms with Crippen LogP contribution in [0.5, 0.6) is 0 Å². The summed E-state index contributed by atoms with van der Waals surface area (Å²) in [5.74, 6) is 0.612. The van der Waals surface area contributed by atoms with Crippen LogP contribution in [-0.2, 0) is 14.3 Å². The Labute approximate surface area is 140 Å². The van der Waals surface area contributed by atoms with Gasteiger partial charge in [0.25, 0.3) is 0 Å². The maximum atomic E-state index is 12.1. The number of aromatic nitrogens is 2. The maximum Gasteiger partial charge on any atom is 0.225 e. The van der Waals surface area contributed by atoms with Gasteiger partial charge in [0, 0.05) is 31.0 Å². The highest BCUT2D eigenvalue weighted by Crippen LogP contribution is 2.22. The van der Waals surface area contributed by atoms with E-state index in [1.165, 1.54) is 13.4 Å². The highest BCUT2D eigenvalue weighted by molar-refractivity contribution is 5.91. The third-order valence-electron chi connectivity index (χ3n) is 3.58. The summed E-state index contributed by atoms with van der Waals surface area (Å²) >= 11 is 0. The van der Waals surface area contributed by atoms with Crippen LogP contribution in [0.15, 0.2) is 43.5 Å². The zero-order valence-electron chi connectivity index (χ0n) is 13.5. The number of rotatable bonds is 7. The topological polar surface area (TPSA) is 93.2 Å². The first-order chi connectivity index (χ1) is 11.5. The summed E-state index contributed by atoms with van der Waals surface area (Å²) in [5.41, 5.74) is 1.21. The molecule has 0 aromatic carbocycles. The number of carbonyl (C=O) groups excluding carboxylic acids is 2. The largest absolute Gasteiger partial charge is 0.497 e. The van der Waals surface area contributed by atoms with Crippen LogP contribution < -0.4 is 10.6 Å². The van der Waals surface area contributed by atoms with E-state index in [1.807, 2.05) is 0 Å². The van der Waals surface area contributed by atoms with Gasteiger partial charge in [-0.25, -0.2) is 9.97 Å². The lowest BCUT2D eigenvalue weighted by Crippen LogP contribution is -2.19. The van der Waals surface area contributed by atoms with Crippen LogP contribution in [0.25, 0.3) is 5.57 Å². The van der Waals surface area contributed by atoms with Gasteiger partial charge in [0.15, 0.2) is 0 Å². The molecule has 7 nitrogen and oxygen atoms in total. The van der Waals surface area contributed by atoms with Gasteiger partial charge in [-0.15, -0.1) is 0 Å². The third kappa shape index (κ3) is 4.52. The molecule has 126 valence electrons. The third-order valence-corrected chi connectivity index (χ3v) is 3.58. The molecule has 0 saturated carbocycles. The Morgan fingerprint density at radius 3 is 2.96 bits per heavy atom. The minimum Gasteiger partial charge on any atom is -0.497 e. The first kappa shape index (κ1) is 17.4. The molecule has 2 heterocycles. The first-order valence-corrected chi connectivity index (χ1v) is 7.48. The first-order valence-electron chi connectivity index (χ1n) is 7.48. The van der Waals surface area contributed by atoms with Crippen LogP contribution in [-0.4, -0.2) is 35.4 Å². The Hall–Kier alpha value is -2.96. The van der Waals surface area contributed by atoms with Crippen molar-refractivity contribution in [1.29, 1.82) is 0 Å². The van der Waals surface area contributed by atoms with E-state index in [1.54, 1.807) is 18.2 Å². The number of allylic oxidation sites excluding steroid dienone is 3. The number of hydrogen-bond acceptors (Lipinski definition) is 5. The normalized spacial score (nSPS) is 17.1. The Bertz CT molecular complexity index is 697. The Morgan fingerprint density at radius 1 is 1.54 bits per heavy atom. The maximum absolute atomic E-state index is 12.1. The molecule has 1 fully saturated rings. The number of carbonyl (C=O) groups is 2. The monoisotopic (exact) mass is 328 g/mol. The number of anilines is 1. The van der Waals surface area contributed by atoms with Crippen LogP contribution in [0.3, 0.4) is 0 Å². The van der Waals surface area contributed by atoms with Gasteiger partial charge in [0.05, 0.1) is 12.8 Å². The molecule has 0 radical (unpaired) electrons. The molecule has 0 bridgehead atoms. The lowest BCUT2D eigenvalue weighted by molar-refractivity contribution is -0.119. The average molecular weight is 328 g/mol. The number of hydrogen-bond donors (Lipinski definition) is 2. The summed E-state index contributed by atoms with van der Waals surface area (Å²) in [6, 6.07) is 1.63. The SMILES string of the molecule is C=C/C=C(\C(=C)OC)c1cc(NC(=O)CC2CNC(=O)C2)ncn1. The van der Waals surface area contributed by atoms with Crippen LogP contribution >= 0.6 is 0 Å². The van der Waals surface area contributed by atoms with Crippen molar-refractivity contribution in [3.63, 3.8) is 0 Å². The van der Waals surface area contributed by atoms with Crippen LogP contribution in [0.4, 0.5) is 5.82 Å². The average Bonchev–Trinajstić information content (AvgIpc) is 2.96. The molecule has 1 aliphatic rings. The van der Waals surface area contributed by atoms with E-state index in [4.69, 9.17) is 4.74 Å². The minimum atomic E-state index is -0.194. The van der Waals surface area contributed by atoms with Crippen molar-refractivity contribution >= 4 is 23.2 Å². The van der Waals surface area contributed by atoms with Crippen LogP contribution in [0.1, 0.15) is 18.5 Å². The smallest absolute Gasteiger partial charge is 0.225 e. The van der Waals surface area contributed by atoms with Crippen molar-refractivity contribution in [1.82, 2.24) is 15.3 Å². The summed E-state index contributed by atoms with van der Waals surface area (Å²) in [5, 5.41) is 5.44. The van der Waals surface area contributed by atoms with Gasteiger partial charge >= 0.3 is 0 Å². The van der Waals surface area contributed by atoms with E-state index >= 15 is 0 Å². The van der Waals surface area contributed by atoms with Crippen molar-refractivity contribution in [3.05, 3.63) is 49.2 Å². The molecule has 0 aliphatic carbocycles. The van der Waals surface area contributed by atoms with E-state index in [0.717, 1.165) is 0 Å². The lowest BCUT2D eigenvalue weighted by atomic mass is 10.0. The number of amides is 2. The quantitative estimate of drug-likeness (QED) is 0.587. The molecule has 1 atom stereocenters. The number of nitrogens with one attached hydrogen (secondary N) is 2. The van der Waals surface area contributed by atoms with Gasteiger partial charge in [-0.2, -0.15) is 0 Å². The molecule has 0 spiro atoms. The fourth-order valence-electron chi connectivity index (χ4n) is 2.39. The van der Waals surface area contributed by atoms with Gasteiger partial charge in [0.2, 0.25) is 11.8 Å². The van der Waals surface area contributed by atoms with Crippen molar-refractivity contribution in [2.75, 3.05) is 19.0 Å². The second kappa shape index (κ2) is 8.05. The van der Waals surface area contributed by atoms with Crippen molar-refractivity contribution < 1.29 is 14.3 Å². The molecular formula is C17H20N4O3. The zero-order chi connectivity index (χ0) is 17.5. The minimum absolute atomic E-state index is 0.0169. The summed E-state index contributed by atoms with van der Waals surface area (Å²) in [7, 11) is 1.51. The molecular weight excluding hydrogens is 308 g/mol. The van der Waals surface area contributed by atoms with E-state index in [-0.39, 0.29) is 24.2 Å². The standard InChI is InChI=1S/C17H20N4O3/c1-4-5-13(11(2)24-3)14-8-15(20-10-19-14)21-17(23)7-12-6-16(22)18-9-12/h4-5,8,10,12H,1-2,6-7,9H2,3H3,(H,18,22)(H,19,20,21,23)/b13-5+. The van der Waals surface area contributed by atoms with E-state index in [9.17, 15) is 9.59 Å². The fourth-order valence-corrected chi connectivity index (χ4v) is 2.39. The van der Waals surface area contributed by atoms with Gasteiger partial charge < -0.3 is 15.4 Å². The predicted molar refractivity (Wildman–Crippen MR) is 90.7 cm³/mol. The number of ether oxygens (including phenoxy) is 1. The zero-order valence-corrected chi connectivity index (χ0v) is 13.5. The molecule has 1 aliphatic heterocycles. The molecule has 1 aromatic rings. The van der Waals surface area contributed by atoms with Crippen molar-refractivity contribution in [3.8, 4) is 0 Å². The summed E-state index contributed by atoms with van der Waals surface area (Å²) in [4.78, 5) is 31.5. The second-order valence-electron chi connectivity index (χ2n) is 5.36. The van der Waals surface area contributed by atoms with E-state index in [2.05, 4.69) is 33.8 Å². The van der Waals surface area contributed by atoms with Gasteiger partial charge in [-0.3, -0.25) is 9.59 Å². The second-order valence-corrected chi connectivity index (χ2v) is 5.36. The molecule has 1 unspecified atom stereocenters. The van der Waals surface area contributed by atoms with E-state index < -0.39 is 0 Å². The molecule has 7 heteroatoms. The highest BCUT2D eigenvalue weighted by Gasteiger charge is 2.24. The molecule has 2 rings (SSSR count).